The van der Waals surface area contributed by atoms with Gasteiger partial charge in [0.05, 0.1) is 30.9 Å². The number of benzene rings is 2. The van der Waals surface area contributed by atoms with E-state index < -0.39 is 0 Å². The van der Waals surface area contributed by atoms with Gasteiger partial charge in [0, 0.05) is 11.9 Å². The van der Waals surface area contributed by atoms with E-state index in [0.717, 1.165) is 34.2 Å². The van der Waals surface area contributed by atoms with Crippen molar-refractivity contribution in [2.24, 2.45) is 0 Å². The molecule has 0 saturated carbocycles. The van der Waals surface area contributed by atoms with Crippen LogP contribution >= 0.6 is 11.8 Å². The Morgan fingerprint density at radius 2 is 1.85 bits per heavy atom. The van der Waals surface area contributed by atoms with Crippen molar-refractivity contribution >= 4 is 22.8 Å². The van der Waals surface area contributed by atoms with E-state index in [-0.39, 0.29) is 0 Å². The first-order chi connectivity index (χ1) is 13.2. The fourth-order valence-electron chi connectivity index (χ4n) is 3.04. The van der Waals surface area contributed by atoms with Crippen LogP contribution in [0.3, 0.4) is 0 Å². The minimum atomic E-state index is 0.752. The van der Waals surface area contributed by atoms with Crippen LogP contribution in [-0.4, -0.2) is 21.6 Å². The molecule has 0 radical (unpaired) electrons. The number of methoxy groups -OCH3 is 1. The van der Waals surface area contributed by atoms with Gasteiger partial charge < -0.3 is 9.30 Å². The van der Waals surface area contributed by atoms with E-state index in [2.05, 4.69) is 52.9 Å². The Morgan fingerprint density at radius 1 is 1.04 bits per heavy atom. The topological polar surface area (TPSA) is 39.9 Å². The van der Waals surface area contributed by atoms with Crippen molar-refractivity contribution in [1.82, 2.24) is 14.5 Å². The van der Waals surface area contributed by atoms with Gasteiger partial charge in [-0.25, -0.2) is 4.98 Å². The van der Waals surface area contributed by atoms with Gasteiger partial charge in [0.15, 0.2) is 5.16 Å². The van der Waals surface area contributed by atoms with Gasteiger partial charge in [0.25, 0.3) is 0 Å². The predicted molar refractivity (Wildman–Crippen MR) is 110 cm³/mol. The summed E-state index contributed by atoms with van der Waals surface area (Å²) >= 11 is 1.77. The number of hydrogen-bond donors (Lipinski definition) is 0. The molecule has 4 rings (SSSR count). The Balaban J connectivity index is 1.65. The molecule has 2 aromatic carbocycles. The summed E-state index contributed by atoms with van der Waals surface area (Å²) in [5, 5.41) is 1.01. The van der Waals surface area contributed by atoms with Crippen molar-refractivity contribution in [2.45, 2.75) is 24.4 Å². The van der Waals surface area contributed by atoms with Gasteiger partial charge in [-0.15, -0.1) is 0 Å². The second-order valence-corrected chi connectivity index (χ2v) is 7.35. The molecule has 4 aromatic rings. The van der Waals surface area contributed by atoms with Crippen molar-refractivity contribution in [1.29, 1.82) is 0 Å². The fourth-order valence-corrected chi connectivity index (χ4v) is 4.13. The lowest BCUT2D eigenvalue weighted by Gasteiger charge is -2.10. The maximum atomic E-state index is 5.26. The lowest BCUT2D eigenvalue weighted by atomic mass is 10.1. The third-order valence-electron chi connectivity index (χ3n) is 4.63. The molecule has 0 aliphatic heterocycles. The number of aryl methyl sites for hydroxylation is 1. The zero-order valence-electron chi connectivity index (χ0n) is 15.4. The predicted octanol–water partition coefficient (Wildman–Crippen LogP) is 5.09. The van der Waals surface area contributed by atoms with E-state index in [9.17, 15) is 0 Å². The Labute approximate surface area is 163 Å². The van der Waals surface area contributed by atoms with Crippen molar-refractivity contribution in [2.75, 3.05) is 7.11 Å². The SMILES string of the molecule is COc1ccc(Cn2c(SCc3ccccc3C)nc3ccncc32)cc1. The first-order valence-electron chi connectivity index (χ1n) is 8.85. The van der Waals surface area contributed by atoms with Crippen LogP contribution in [0.1, 0.15) is 16.7 Å². The Bertz CT molecular complexity index is 1060. The molecular weight excluding hydrogens is 354 g/mol. The highest BCUT2D eigenvalue weighted by Crippen LogP contribution is 2.28. The van der Waals surface area contributed by atoms with Crippen LogP contribution in [0.5, 0.6) is 5.75 Å². The first kappa shape index (κ1) is 17.6. The second-order valence-electron chi connectivity index (χ2n) is 6.41. The van der Waals surface area contributed by atoms with Crippen LogP contribution in [0.4, 0.5) is 0 Å². The van der Waals surface area contributed by atoms with Gasteiger partial charge in [-0.3, -0.25) is 4.98 Å². The molecular formula is C22H21N3OS. The quantitative estimate of drug-likeness (QED) is 0.440. The van der Waals surface area contributed by atoms with Crippen LogP contribution in [0.2, 0.25) is 0 Å². The zero-order valence-corrected chi connectivity index (χ0v) is 16.2. The number of rotatable bonds is 6. The number of fused-ring (bicyclic) bond motifs is 1. The molecule has 5 heteroatoms. The standard InChI is InChI=1S/C22H21N3OS/c1-16-5-3-4-6-18(16)15-27-22-24-20-11-12-23-13-21(20)25(22)14-17-7-9-19(26-2)10-8-17/h3-13H,14-15H2,1-2H3. The average Bonchev–Trinajstić information content (AvgIpc) is 3.05. The molecule has 0 fully saturated rings. The molecule has 0 atom stereocenters. The van der Waals surface area contributed by atoms with Gasteiger partial charge in [-0.1, -0.05) is 48.2 Å². The minimum absolute atomic E-state index is 0.752. The summed E-state index contributed by atoms with van der Waals surface area (Å²) in [5.74, 6) is 1.76. The van der Waals surface area contributed by atoms with Crippen LogP contribution in [0.15, 0.2) is 72.1 Å². The highest BCUT2D eigenvalue weighted by Gasteiger charge is 2.12. The zero-order chi connectivity index (χ0) is 18.6. The number of hydrogen-bond acceptors (Lipinski definition) is 4. The molecule has 2 heterocycles. The van der Waals surface area contributed by atoms with Crippen molar-refractivity contribution in [3.8, 4) is 5.75 Å². The van der Waals surface area contributed by atoms with E-state index in [1.54, 1.807) is 25.1 Å². The first-order valence-corrected chi connectivity index (χ1v) is 9.83. The molecule has 27 heavy (non-hydrogen) atoms. The Morgan fingerprint density at radius 3 is 2.63 bits per heavy atom. The third-order valence-corrected chi connectivity index (χ3v) is 5.66. The summed E-state index contributed by atoms with van der Waals surface area (Å²) in [6.45, 7) is 2.91. The molecule has 136 valence electrons. The summed E-state index contributed by atoms with van der Waals surface area (Å²) in [5.41, 5.74) is 5.89. The average molecular weight is 375 g/mol. The van der Waals surface area contributed by atoms with Gasteiger partial charge >= 0.3 is 0 Å². The maximum absolute atomic E-state index is 5.26. The molecule has 0 saturated heterocycles. The summed E-state index contributed by atoms with van der Waals surface area (Å²) < 4.78 is 7.51. The maximum Gasteiger partial charge on any atom is 0.169 e. The molecule has 0 aliphatic carbocycles. The summed E-state index contributed by atoms with van der Waals surface area (Å²) in [7, 11) is 1.68. The highest BCUT2D eigenvalue weighted by molar-refractivity contribution is 7.98. The smallest absolute Gasteiger partial charge is 0.169 e. The molecule has 0 unspecified atom stereocenters. The molecule has 4 nitrogen and oxygen atoms in total. The number of aromatic nitrogens is 3. The monoisotopic (exact) mass is 375 g/mol. The third kappa shape index (κ3) is 3.83. The minimum Gasteiger partial charge on any atom is -0.497 e. The molecule has 0 aliphatic rings. The summed E-state index contributed by atoms with van der Waals surface area (Å²) in [6, 6.07) is 18.6. The van der Waals surface area contributed by atoms with Crippen molar-refractivity contribution < 1.29 is 4.74 Å². The van der Waals surface area contributed by atoms with Gasteiger partial charge in [0.1, 0.15) is 5.75 Å². The number of imidazole rings is 1. The molecule has 0 bridgehead atoms. The van der Waals surface area contributed by atoms with E-state index >= 15 is 0 Å². The second kappa shape index (κ2) is 7.84. The van der Waals surface area contributed by atoms with Gasteiger partial charge in [-0.05, 0) is 41.8 Å². The van der Waals surface area contributed by atoms with Crippen LogP contribution in [0.25, 0.3) is 11.0 Å². The number of pyridine rings is 1. The Hall–Kier alpha value is -2.79. The molecule has 2 aromatic heterocycles. The van der Waals surface area contributed by atoms with E-state index in [0.29, 0.717) is 0 Å². The van der Waals surface area contributed by atoms with Crippen molar-refractivity contribution in [3.63, 3.8) is 0 Å². The number of thioether (sulfide) groups is 1. The highest BCUT2D eigenvalue weighted by atomic mass is 32.2. The number of nitrogens with zero attached hydrogens (tertiary/aromatic N) is 3. The lowest BCUT2D eigenvalue weighted by molar-refractivity contribution is 0.414. The summed E-state index contributed by atoms with van der Waals surface area (Å²) in [6.07, 6.45) is 3.69. The number of ether oxygens (including phenoxy) is 1. The van der Waals surface area contributed by atoms with Gasteiger partial charge in [-0.2, -0.15) is 0 Å². The molecule has 0 amide bonds. The molecule has 0 N–H and O–H groups in total. The van der Waals surface area contributed by atoms with E-state index in [4.69, 9.17) is 9.72 Å². The largest absolute Gasteiger partial charge is 0.497 e. The fraction of sp³-hybridized carbons (Fsp3) is 0.182. The lowest BCUT2D eigenvalue weighted by Crippen LogP contribution is -2.02. The molecule has 0 spiro atoms. The van der Waals surface area contributed by atoms with Gasteiger partial charge in [0.2, 0.25) is 0 Å². The van der Waals surface area contributed by atoms with Crippen LogP contribution in [0, 0.1) is 6.92 Å². The van der Waals surface area contributed by atoms with E-state index in [1.807, 2.05) is 24.4 Å². The normalized spacial score (nSPS) is 11.0. The summed E-state index contributed by atoms with van der Waals surface area (Å²) in [4.78, 5) is 9.15. The van der Waals surface area contributed by atoms with Crippen molar-refractivity contribution in [3.05, 3.63) is 83.7 Å². The van der Waals surface area contributed by atoms with E-state index in [1.165, 1.54) is 16.7 Å². The Kier molecular flexibility index (Phi) is 5.12. The van der Waals surface area contributed by atoms with Crippen LogP contribution < -0.4 is 4.74 Å². The van der Waals surface area contributed by atoms with Crippen LogP contribution in [-0.2, 0) is 12.3 Å².